The normalized spacial score (nSPS) is 14.1. The lowest BCUT2D eigenvalue weighted by molar-refractivity contribution is 0.0880. The zero-order chi connectivity index (χ0) is 10.5. The Morgan fingerprint density at radius 3 is 2.36 bits per heavy atom. The van der Waals surface area contributed by atoms with E-state index in [2.05, 4.69) is 10.3 Å². The van der Waals surface area contributed by atoms with Gasteiger partial charge < -0.3 is 5.73 Å². The van der Waals surface area contributed by atoms with Crippen LogP contribution >= 0.6 is 0 Å². The Morgan fingerprint density at radius 1 is 1.14 bits per heavy atom. The van der Waals surface area contributed by atoms with Gasteiger partial charge >= 0.3 is 0 Å². The van der Waals surface area contributed by atoms with E-state index in [0.717, 1.165) is 0 Å². The highest BCUT2D eigenvalue weighted by Gasteiger charge is 2.32. The molecule has 2 heterocycles. The number of fused-ring (bicyclic) bond motifs is 1. The van der Waals surface area contributed by atoms with Crippen molar-refractivity contribution in [2.24, 2.45) is 0 Å². The van der Waals surface area contributed by atoms with Gasteiger partial charge in [-0.2, -0.15) is 0 Å². The number of anilines is 1. The van der Waals surface area contributed by atoms with Crippen LogP contribution in [0.1, 0.15) is 32.0 Å². The summed E-state index contributed by atoms with van der Waals surface area (Å²) in [5.41, 5.74) is 7.52. The van der Waals surface area contributed by atoms with E-state index in [-0.39, 0.29) is 17.3 Å². The largest absolute Gasteiger partial charge is 0.383 e. The van der Waals surface area contributed by atoms with Crippen molar-refractivity contribution in [3.63, 3.8) is 0 Å². The fourth-order valence-electron chi connectivity index (χ4n) is 1.56. The fraction of sp³-hybridized carbons (Fsp3) is 0.222. The lowest BCUT2D eigenvalue weighted by Gasteiger charge is -2.05. The number of hydrogen-bond acceptors (Lipinski definition) is 4. The lowest BCUT2D eigenvalue weighted by atomic mass is 10.0. The highest BCUT2D eigenvalue weighted by Crippen LogP contribution is 2.25. The number of nitrogens with two attached hydrogens (primary N) is 1. The Bertz CT molecular complexity index is 466. The van der Waals surface area contributed by atoms with Crippen LogP contribution in [0.25, 0.3) is 0 Å². The Balaban J connectivity index is 2.86. The molecule has 0 bridgehead atoms. The summed E-state index contributed by atoms with van der Waals surface area (Å²) in [7, 11) is 0. The second-order valence-electron chi connectivity index (χ2n) is 3.24. The van der Waals surface area contributed by atoms with Crippen molar-refractivity contribution >= 4 is 17.6 Å². The van der Waals surface area contributed by atoms with E-state index in [1.807, 2.05) is 0 Å². The van der Waals surface area contributed by atoms with Crippen molar-refractivity contribution in [3.8, 4) is 0 Å². The van der Waals surface area contributed by atoms with Crippen molar-refractivity contribution in [3.05, 3.63) is 22.4 Å². The molecular weight excluding hydrogens is 182 g/mol. The highest BCUT2D eigenvalue weighted by atomic mass is 16.2. The van der Waals surface area contributed by atoms with Gasteiger partial charge in [0.15, 0.2) is 0 Å². The fourth-order valence-corrected chi connectivity index (χ4v) is 1.56. The molecule has 1 aromatic heterocycles. The number of aryl methyl sites for hydroxylation is 1. The van der Waals surface area contributed by atoms with Gasteiger partial charge in [-0.3, -0.25) is 14.9 Å². The second-order valence-corrected chi connectivity index (χ2v) is 3.24. The third-order valence-electron chi connectivity index (χ3n) is 2.39. The summed E-state index contributed by atoms with van der Waals surface area (Å²) in [5, 5.41) is 2.19. The maximum absolute atomic E-state index is 11.4. The number of nitrogens with one attached hydrogen (secondary N) is 1. The Kier molecular flexibility index (Phi) is 1.57. The smallest absolute Gasteiger partial charge is 0.262 e. The van der Waals surface area contributed by atoms with Gasteiger partial charge in [-0.25, -0.2) is 4.98 Å². The summed E-state index contributed by atoms with van der Waals surface area (Å²) < 4.78 is 0. The van der Waals surface area contributed by atoms with Crippen molar-refractivity contribution in [2.45, 2.75) is 13.8 Å². The topological polar surface area (TPSA) is 85.1 Å². The van der Waals surface area contributed by atoms with E-state index in [4.69, 9.17) is 5.73 Å². The molecule has 0 fully saturated rings. The summed E-state index contributed by atoms with van der Waals surface area (Å²) in [6, 6.07) is 0. The summed E-state index contributed by atoms with van der Waals surface area (Å²) >= 11 is 0. The summed E-state index contributed by atoms with van der Waals surface area (Å²) in [6.07, 6.45) is 0. The first kappa shape index (κ1) is 8.68. The van der Waals surface area contributed by atoms with Crippen LogP contribution in [-0.2, 0) is 0 Å². The molecule has 5 nitrogen and oxygen atoms in total. The van der Waals surface area contributed by atoms with Gasteiger partial charge in [0.2, 0.25) is 0 Å². The summed E-state index contributed by atoms with van der Waals surface area (Å²) in [6.45, 7) is 3.50. The second kappa shape index (κ2) is 2.54. The van der Waals surface area contributed by atoms with Crippen LogP contribution in [0, 0.1) is 13.8 Å². The zero-order valence-electron chi connectivity index (χ0n) is 7.84. The Labute approximate surface area is 80.3 Å². The van der Waals surface area contributed by atoms with E-state index in [1.165, 1.54) is 0 Å². The Hall–Kier alpha value is -1.91. The minimum absolute atomic E-state index is 0.117. The van der Waals surface area contributed by atoms with E-state index >= 15 is 0 Å². The van der Waals surface area contributed by atoms with E-state index < -0.39 is 5.91 Å². The molecule has 0 aromatic carbocycles. The molecule has 1 aliphatic heterocycles. The number of rotatable bonds is 0. The van der Waals surface area contributed by atoms with Gasteiger partial charge in [-0.05, 0) is 19.4 Å². The third-order valence-corrected chi connectivity index (χ3v) is 2.39. The number of nitrogen functional groups attached to an aromatic ring is 1. The van der Waals surface area contributed by atoms with Crippen LogP contribution in [0.15, 0.2) is 0 Å². The molecule has 0 atom stereocenters. The van der Waals surface area contributed by atoms with E-state index in [0.29, 0.717) is 16.8 Å². The lowest BCUT2D eigenvalue weighted by Crippen LogP contribution is -2.20. The molecule has 0 spiro atoms. The molecule has 3 N–H and O–H groups in total. The molecule has 14 heavy (non-hydrogen) atoms. The Morgan fingerprint density at radius 2 is 1.71 bits per heavy atom. The van der Waals surface area contributed by atoms with Crippen LogP contribution in [0.5, 0.6) is 0 Å². The van der Waals surface area contributed by atoms with Gasteiger partial charge in [0, 0.05) is 5.69 Å². The predicted molar refractivity (Wildman–Crippen MR) is 49.9 cm³/mol. The average molecular weight is 191 g/mol. The number of hydrogen-bond donors (Lipinski definition) is 2. The first-order valence-corrected chi connectivity index (χ1v) is 4.14. The highest BCUT2D eigenvalue weighted by molar-refractivity contribution is 6.24. The van der Waals surface area contributed by atoms with Gasteiger partial charge in [-0.1, -0.05) is 0 Å². The van der Waals surface area contributed by atoms with Crippen molar-refractivity contribution in [2.75, 3.05) is 5.73 Å². The minimum atomic E-state index is -0.460. The standard InChI is InChI=1S/C9H9N3O2/c1-3-4(2)11-7(10)6-5(3)8(13)12-9(6)14/h1-2H3,(H2,10,11)(H,12,13,14). The number of nitrogens with zero attached hydrogens (tertiary/aromatic N) is 1. The molecule has 72 valence electrons. The molecule has 0 aliphatic carbocycles. The SMILES string of the molecule is Cc1nc(N)c2c(c1C)C(=O)NC2=O. The monoisotopic (exact) mass is 191 g/mol. The molecule has 0 saturated carbocycles. The number of aromatic nitrogens is 1. The molecule has 5 heteroatoms. The number of amides is 2. The first-order chi connectivity index (χ1) is 6.52. The molecule has 0 unspecified atom stereocenters. The maximum Gasteiger partial charge on any atom is 0.262 e. The van der Waals surface area contributed by atoms with Crippen molar-refractivity contribution in [1.82, 2.24) is 10.3 Å². The van der Waals surface area contributed by atoms with E-state index in [9.17, 15) is 9.59 Å². The van der Waals surface area contributed by atoms with Crippen LogP contribution < -0.4 is 11.1 Å². The van der Waals surface area contributed by atoms with Crippen LogP contribution in [-0.4, -0.2) is 16.8 Å². The number of pyridine rings is 1. The summed E-state index contributed by atoms with van der Waals surface area (Å²) in [4.78, 5) is 26.7. The van der Waals surface area contributed by atoms with Crippen LogP contribution in [0.3, 0.4) is 0 Å². The van der Waals surface area contributed by atoms with Crippen LogP contribution in [0.4, 0.5) is 5.82 Å². The van der Waals surface area contributed by atoms with Crippen molar-refractivity contribution in [1.29, 1.82) is 0 Å². The molecule has 0 saturated heterocycles. The maximum atomic E-state index is 11.4. The van der Waals surface area contributed by atoms with Crippen molar-refractivity contribution < 1.29 is 9.59 Å². The van der Waals surface area contributed by atoms with Gasteiger partial charge in [0.25, 0.3) is 11.8 Å². The predicted octanol–water partition coefficient (Wildman–Crippen LogP) is 0.164. The number of imide groups is 1. The molecule has 1 aliphatic rings. The van der Waals surface area contributed by atoms with Crippen LogP contribution in [0.2, 0.25) is 0 Å². The number of carbonyl (C=O) groups is 2. The molecule has 2 amide bonds. The molecule has 2 rings (SSSR count). The van der Waals surface area contributed by atoms with Gasteiger partial charge in [0.1, 0.15) is 5.82 Å². The quantitative estimate of drug-likeness (QED) is 0.572. The molecular formula is C9H9N3O2. The minimum Gasteiger partial charge on any atom is -0.383 e. The number of carbonyl (C=O) groups excluding carboxylic acids is 2. The molecule has 0 radical (unpaired) electrons. The van der Waals surface area contributed by atoms with Gasteiger partial charge in [-0.15, -0.1) is 0 Å². The first-order valence-electron chi connectivity index (χ1n) is 4.14. The average Bonchev–Trinajstić information content (AvgIpc) is 2.38. The zero-order valence-corrected chi connectivity index (χ0v) is 7.84. The summed E-state index contributed by atoms with van der Waals surface area (Å²) in [5.74, 6) is -0.732. The van der Waals surface area contributed by atoms with E-state index in [1.54, 1.807) is 13.8 Å². The molecule has 1 aromatic rings. The van der Waals surface area contributed by atoms with Gasteiger partial charge in [0.05, 0.1) is 11.1 Å². The third kappa shape index (κ3) is 0.921.